The zero-order valence-electron chi connectivity index (χ0n) is 10.3. The molecule has 3 rings (SSSR count). The molecule has 2 heterocycles. The third-order valence-corrected chi connectivity index (χ3v) is 2.76. The lowest BCUT2D eigenvalue weighted by molar-refractivity contribution is 0.752. The van der Waals surface area contributed by atoms with Crippen molar-refractivity contribution in [1.82, 2.24) is 20.0 Å². The minimum absolute atomic E-state index is 0.780. The number of rotatable bonds is 4. The summed E-state index contributed by atoms with van der Waals surface area (Å²) in [5.74, 6) is 0. The molecule has 1 aromatic carbocycles. The summed E-state index contributed by atoms with van der Waals surface area (Å²) in [5.41, 5.74) is 3.21. The highest BCUT2D eigenvalue weighted by atomic mass is 15.5. The van der Waals surface area contributed by atoms with Gasteiger partial charge in [-0.05, 0) is 42.0 Å². The summed E-state index contributed by atoms with van der Waals surface area (Å²) in [6, 6.07) is 12.0. The van der Waals surface area contributed by atoms with E-state index < -0.39 is 0 Å². The Balaban J connectivity index is 1.67. The Labute approximate surface area is 110 Å². The van der Waals surface area contributed by atoms with Crippen molar-refractivity contribution in [3.05, 3.63) is 66.7 Å². The number of benzene rings is 1. The van der Waals surface area contributed by atoms with Crippen LogP contribution in [0.25, 0.3) is 5.69 Å². The average Bonchev–Trinajstić information content (AvgIpc) is 3.01. The molecule has 0 bridgehead atoms. The predicted molar refractivity (Wildman–Crippen MR) is 72.9 cm³/mol. The quantitative estimate of drug-likeness (QED) is 0.773. The van der Waals surface area contributed by atoms with E-state index in [0.717, 1.165) is 17.9 Å². The van der Waals surface area contributed by atoms with Crippen molar-refractivity contribution >= 4 is 5.69 Å². The molecule has 0 spiro atoms. The monoisotopic (exact) mass is 251 g/mol. The second-order valence-electron chi connectivity index (χ2n) is 4.07. The van der Waals surface area contributed by atoms with Crippen LogP contribution in [0.5, 0.6) is 0 Å². The standard InChI is InChI=1S/C14H13N5/c1-3-14(19-17-9-10-18-19)4-2-13(1)16-11-12-5-7-15-8-6-12/h1-10,16H,11H2. The molecule has 0 saturated heterocycles. The number of aromatic nitrogens is 4. The molecule has 19 heavy (non-hydrogen) atoms. The molecule has 2 aromatic heterocycles. The fourth-order valence-corrected chi connectivity index (χ4v) is 1.77. The summed E-state index contributed by atoms with van der Waals surface area (Å²) >= 11 is 0. The van der Waals surface area contributed by atoms with Gasteiger partial charge >= 0.3 is 0 Å². The number of nitrogens with one attached hydrogen (secondary N) is 1. The van der Waals surface area contributed by atoms with E-state index in [4.69, 9.17) is 0 Å². The molecule has 0 unspecified atom stereocenters. The molecular weight excluding hydrogens is 238 g/mol. The summed E-state index contributed by atoms with van der Waals surface area (Å²) in [7, 11) is 0. The van der Waals surface area contributed by atoms with Gasteiger partial charge in [0.15, 0.2) is 0 Å². The van der Waals surface area contributed by atoms with E-state index in [1.165, 1.54) is 5.56 Å². The zero-order valence-corrected chi connectivity index (χ0v) is 10.3. The van der Waals surface area contributed by atoms with Crippen LogP contribution in [0.2, 0.25) is 0 Å². The number of anilines is 1. The Bertz CT molecular complexity index is 617. The van der Waals surface area contributed by atoms with E-state index in [1.807, 2.05) is 36.4 Å². The van der Waals surface area contributed by atoms with Crippen LogP contribution in [-0.4, -0.2) is 20.0 Å². The van der Waals surface area contributed by atoms with Gasteiger partial charge < -0.3 is 5.32 Å². The molecule has 1 N–H and O–H groups in total. The van der Waals surface area contributed by atoms with Crippen LogP contribution < -0.4 is 5.32 Å². The molecule has 0 aliphatic heterocycles. The van der Waals surface area contributed by atoms with Crippen molar-refractivity contribution in [2.45, 2.75) is 6.54 Å². The summed E-state index contributed by atoms with van der Waals surface area (Å²) in [6.07, 6.45) is 6.91. The minimum atomic E-state index is 0.780. The molecule has 0 fully saturated rings. The first-order valence-electron chi connectivity index (χ1n) is 6.01. The molecule has 0 aliphatic rings. The fraction of sp³-hybridized carbons (Fsp3) is 0.0714. The van der Waals surface area contributed by atoms with Crippen LogP contribution in [0.1, 0.15) is 5.56 Å². The highest BCUT2D eigenvalue weighted by molar-refractivity contribution is 5.48. The van der Waals surface area contributed by atoms with Gasteiger partial charge in [0.2, 0.25) is 0 Å². The first-order valence-corrected chi connectivity index (χ1v) is 6.01. The lowest BCUT2D eigenvalue weighted by Crippen LogP contribution is -2.01. The molecule has 5 heteroatoms. The summed E-state index contributed by atoms with van der Waals surface area (Å²) in [5, 5.41) is 11.5. The van der Waals surface area contributed by atoms with Gasteiger partial charge in [0.1, 0.15) is 0 Å². The van der Waals surface area contributed by atoms with Gasteiger partial charge in [0.25, 0.3) is 0 Å². The smallest absolute Gasteiger partial charge is 0.0858 e. The second-order valence-corrected chi connectivity index (χ2v) is 4.07. The molecule has 0 aliphatic carbocycles. The zero-order chi connectivity index (χ0) is 12.9. The molecule has 94 valence electrons. The number of hydrogen-bond donors (Lipinski definition) is 1. The Morgan fingerprint density at radius 2 is 1.53 bits per heavy atom. The largest absolute Gasteiger partial charge is 0.381 e. The van der Waals surface area contributed by atoms with Gasteiger partial charge in [-0.2, -0.15) is 15.0 Å². The first-order chi connectivity index (χ1) is 9.42. The molecule has 0 saturated carbocycles. The topological polar surface area (TPSA) is 55.6 Å². The number of pyridine rings is 1. The molecule has 0 amide bonds. The Kier molecular flexibility index (Phi) is 3.18. The third kappa shape index (κ3) is 2.77. The van der Waals surface area contributed by atoms with E-state index in [2.05, 4.69) is 20.5 Å². The van der Waals surface area contributed by atoms with Crippen molar-refractivity contribution in [1.29, 1.82) is 0 Å². The maximum absolute atomic E-state index is 4.09. The van der Waals surface area contributed by atoms with Crippen molar-refractivity contribution in [2.24, 2.45) is 0 Å². The molecule has 0 radical (unpaired) electrons. The van der Waals surface area contributed by atoms with Crippen molar-refractivity contribution in [2.75, 3.05) is 5.32 Å². The van der Waals surface area contributed by atoms with Crippen LogP contribution in [0.4, 0.5) is 5.69 Å². The molecule has 5 nitrogen and oxygen atoms in total. The SMILES string of the molecule is c1cc(CNc2ccc(-n3nccn3)cc2)ccn1. The van der Waals surface area contributed by atoms with Gasteiger partial charge in [0, 0.05) is 24.6 Å². The summed E-state index contributed by atoms with van der Waals surface area (Å²) in [4.78, 5) is 5.59. The Morgan fingerprint density at radius 1 is 0.842 bits per heavy atom. The molecule has 0 atom stereocenters. The predicted octanol–water partition coefficient (Wildman–Crippen LogP) is 2.27. The third-order valence-electron chi connectivity index (χ3n) is 2.76. The van der Waals surface area contributed by atoms with Crippen molar-refractivity contribution < 1.29 is 0 Å². The Hall–Kier alpha value is -2.69. The van der Waals surface area contributed by atoms with E-state index in [1.54, 1.807) is 29.6 Å². The summed E-state index contributed by atoms with van der Waals surface area (Å²) in [6.45, 7) is 0.780. The molecule has 3 aromatic rings. The minimum Gasteiger partial charge on any atom is -0.381 e. The van der Waals surface area contributed by atoms with Gasteiger partial charge in [-0.1, -0.05) is 0 Å². The van der Waals surface area contributed by atoms with E-state index in [9.17, 15) is 0 Å². The van der Waals surface area contributed by atoms with E-state index in [0.29, 0.717) is 0 Å². The normalized spacial score (nSPS) is 10.3. The first kappa shape index (κ1) is 11.4. The maximum Gasteiger partial charge on any atom is 0.0858 e. The van der Waals surface area contributed by atoms with Crippen LogP contribution >= 0.6 is 0 Å². The number of nitrogens with zero attached hydrogens (tertiary/aromatic N) is 4. The van der Waals surface area contributed by atoms with Crippen LogP contribution in [0.15, 0.2) is 61.2 Å². The van der Waals surface area contributed by atoms with E-state index in [-0.39, 0.29) is 0 Å². The van der Waals surface area contributed by atoms with Crippen molar-refractivity contribution in [3.8, 4) is 5.69 Å². The summed E-state index contributed by atoms with van der Waals surface area (Å²) < 4.78 is 0. The Morgan fingerprint density at radius 3 is 2.21 bits per heavy atom. The lowest BCUT2D eigenvalue weighted by atomic mass is 10.2. The van der Waals surface area contributed by atoms with Gasteiger partial charge in [0.05, 0.1) is 18.1 Å². The molecular formula is C14H13N5. The van der Waals surface area contributed by atoms with Crippen LogP contribution in [0, 0.1) is 0 Å². The van der Waals surface area contributed by atoms with Crippen LogP contribution in [0.3, 0.4) is 0 Å². The van der Waals surface area contributed by atoms with Gasteiger partial charge in [-0.3, -0.25) is 4.98 Å². The fourth-order valence-electron chi connectivity index (χ4n) is 1.77. The van der Waals surface area contributed by atoms with Crippen LogP contribution in [-0.2, 0) is 6.54 Å². The van der Waals surface area contributed by atoms with Gasteiger partial charge in [-0.25, -0.2) is 0 Å². The highest BCUT2D eigenvalue weighted by Crippen LogP contribution is 2.12. The van der Waals surface area contributed by atoms with Gasteiger partial charge in [-0.15, -0.1) is 0 Å². The highest BCUT2D eigenvalue weighted by Gasteiger charge is 1.98. The van der Waals surface area contributed by atoms with E-state index >= 15 is 0 Å². The second kappa shape index (κ2) is 5.30. The average molecular weight is 251 g/mol. The lowest BCUT2D eigenvalue weighted by Gasteiger charge is -2.07. The van der Waals surface area contributed by atoms with Crippen molar-refractivity contribution in [3.63, 3.8) is 0 Å². The maximum atomic E-state index is 4.09. The number of hydrogen-bond acceptors (Lipinski definition) is 4.